The Labute approximate surface area is 92.7 Å². The van der Waals surface area contributed by atoms with E-state index in [2.05, 4.69) is 15.3 Å². The van der Waals surface area contributed by atoms with Crippen molar-refractivity contribution in [3.8, 4) is 0 Å². The molecule has 0 fully saturated rings. The number of pyridine rings is 1. The summed E-state index contributed by atoms with van der Waals surface area (Å²) in [6.45, 7) is 10.7. The van der Waals surface area contributed by atoms with Gasteiger partial charge in [0.25, 0.3) is 0 Å². The topological polar surface area (TPSA) is 37.3 Å². The predicted molar refractivity (Wildman–Crippen MR) is 67.4 cm³/mol. The SMILES string of the molecule is CC.CC.CC1=NCc2cccnc2N1. The Morgan fingerprint density at radius 2 is 1.87 bits per heavy atom. The van der Waals surface area contributed by atoms with Gasteiger partial charge in [-0.05, 0) is 13.0 Å². The molecule has 0 amide bonds. The second-order valence-electron chi connectivity index (χ2n) is 2.54. The van der Waals surface area contributed by atoms with Crippen molar-refractivity contribution >= 4 is 11.7 Å². The minimum absolute atomic E-state index is 0.752. The fraction of sp³-hybridized carbons (Fsp3) is 0.500. The Bertz CT molecular complexity index is 305. The van der Waals surface area contributed by atoms with Gasteiger partial charge in [-0.15, -0.1) is 0 Å². The summed E-state index contributed by atoms with van der Waals surface area (Å²) in [6, 6.07) is 3.96. The first-order chi connectivity index (χ1) is 7.36. The number of anilines is 1. The molecule has 3 nitrogen and oxygen atoms in total. The molecule has 84 valence electrons. The maximum Gasteiger partial charge on any atom is 0.136 e. The summed E-state index contributed by atoms with van der Waals surface area (Å²) in [5, 5.41) is 3.10. The van der Waals surface area contributed by atoms with E-state index in [1.807, 2.05) is 46.8 Å². The summed E-state index contributed by atoms with van der Waals surface area (Å²) in [7, 11) is 0. The van der Waals surface area contributed by atoms with Gasteiger partial charge in [0, 0.05) is 11.8 Å². The molecule has 1 aromatic rings. The summed E-state index contributed by atoms with van der Waals surface area (Å²) in [6.07, 6.45) is 1.78. The zero-order valence-corrected chi connectivity index (χ0v) is 10.3. The fourth-order valence-corrected chi connectivity index (χ4v) is 1.09. The van der Waals surface area contributed by atoms with Crippen LogP contribution >= 0.6 is 0 Å². The molecule has 0 atom stereocenters. The largest absolute Gasteiger partial charge is 0.329 e. The third kappa shape index (κ3) is 4.11. The lowest BCUT2D eigenvalue weighted by molar-refractivity contribution is 1.02. The van der Waals surface area contributed by atoms with Gasteiger partial charge in [0.1, 0.15) is 5.82 Å². The van der Waals surface area contributed by atoms with Gasteiger partial charge in [-0.1, -0.05) is 33.8 Å². The lowest BCUT2D eigenvalue weighted by Crippen LogP contribution is -2.15. The molecule has 0 spiro atoms. The van der Waals surface area contributed by atoms with Crippen LogP contribution in [0.15, 0.2) is 23.3 Å². The number of hydrogen-bond donors (Lipinski definition) is 1. The van der Waals surface area contributed by atoms with Gasteiger partial charge in [-0.2, -0.15) is 0 Å². The molecule has 1 aliphatic rings. The number of rotatable bonds is 0. The van der Waals surface area contributed by atoms with Gasteiger partial charge >= 0.3 is 0 Å². The van der Waals surface area contributed by atoms with E-state index in [1.165, 1.54) is 0 Å². The number of nitrogens with zero attached hydrogens (tertiary/aromatic N) is 2. The Morgan fingerprint density at radius 1 is 1.20 bits per heavy atom. The first-order valence-corrected chi connectivity index (χ1v) is 5.58. The molecule has 0 aliphatic carbocycles. The predicted octanol–water partition coefficient (Wildman–Crippen LogP) is 3.48. The fourth-order valence-electron chi connectivity index (χ4n) is 1.09. The van der Waals surface area contributed by atoms with E-state index in [4.69, 9.17) is 0 Å². The molecule has 0 aromatic carbocycles. The molecule has 0 bridgehead atoms. The van der Waals surface area contributed by atoms with Crippen LogP contribution in [0.2, 0.25) is 0 Å². The van der Waals surface area contributed by atoms with Crippen molar-refractivity contribution < 1.29 is 0 Å². The maximum absolute atomic E-state index is 4.24. The van der Waals surface area contributed by atoms with Crippen LogP contribution in [0.1, 0.15) is 40.2 Å². The highest BCUT2D eigenvalue weighted by atomic mass is 15.1. The normalized spacial score (nSPS) is 11.7. The first-order valence-electron chi connectivity index (χ1n) is 5.58. The van der Waals surface area contributed by atoms with Gasteiger partial charge in [0.15, 0.2) is 0 Å². The lowest BCUT2D eigenvalue weighted by Gasteiger charge is -2.13. The molecule has 0 saturated carbocycles. The smallest absolute Gasteiger partial charge is 0.136 e. The minimum atomic E-state index is 0.752. The molecule has 15 heavy (non-hydrogen) atoms. The van der Waals surface area contributed by atoms with E-state index in [0.29, 0.717) is 0 Å². The highest BCUT2D eigenvalue weighted by molar-refractivity contribution is 5.94. The van der Waals surface area contributed by atoms with Crippen molar-refractivity contribution in [1.29, 1.82) is 0 Å². The number of aliphatic imine (C=N–C) groups is 1. The lowest BCUT2D eigenvalue weighted by atomic mass is 10.2. The molecule has 1 aliphatic heterocycles. The van der Waals surface area contributed by atoms with E-state index < -0.39 is 0 Å². The first kappa shape index (κ1) is 13.6. The van der Waals surface area contributed by atoms with E-state index in [1.54, 1.807) is 6.20 Å². The van der Waals surface area contributed by atoms with Crippen LogP contribution in [-0.2, 0) is 6.54 Å². The molecule has 1 aromatic heterocycles. The van der Waals surface area contributed by atoms with E-state index in [9.17, 15) is 0 Å². The van der Waals surface area contributed by atoms with Crippen molar-refractivity contribution in [2.75, 3.05) is 5.32 Å². The van der Waals surface area contributed by atoms with Crippen LogP contribution in [0.3, 0.4) is 0 Å². The van der Waals surface area contributed by atoms with Crippen molar-refractivity contribution in [3.63, 3.8) is 0 Å². The molecule has 2 rings (SSSR count). The third-order valence-corrected chi connectivity index (χ3v) is 1.68. The van der Waals surface area contributed by atoms with Crippen LogP contribution in [-0.4, -0.2) is 10.8 Å². The summed E-state index contributed by atoms with van der Waals surface area (Å²) in [5.41, 5.74) is 1.16. The van der Waals surface area contributed by atoms with Gasteiger partial charge in [-0.25, -0.2) is 4.98 Å². The number of amidine groups is 1. The second kappa shape index (κ2) is 7.97. The van der Waals surface area contributed by atoms with E-state index in [-0.39, 0.29) is 0 Å². The number of fused-ring (bicyclic) bond motifs is 1. The van der Waals surface area contributed by atoms with E-state index >= 15 is 0 Å². The van der Waals surface area contributed by atoms with Crippen LogP contribution in [0.4, 0.5) is 5.82 Å². The average molecular weight is 207 g/mol. The third-order valence-electron chi connectivity index (χ3n) is 1.68. The summed E-state index contributed by atoms with van der Waals surface area (Å²) < 4.78 is 0. The van der Waals surface area contributed by atoms with Crippen molar-refractivity contribution in [2.45, 2.75) is 41.2 Å². The molecule has 1 N–H and O–H groups in total. The Hall–Kier alpha value is -1.38. The van der Waals surface area contributed by atoms with Crippen molar-refractivity contribution in [2.24, 2.45) is 4.99 Å². The van der Waals surface area contributed by atoms with Crippen molar-refractivity contribution in [1.82, 2.24) is 4.98 Å². The quantitative estimate of drug-likeness (QED) is 0.707. The van der Waals surface area contributed by atoms with Crippen LogP contribution in [0.5, 0.6) is 0 Å². The molecular weight excluding hydrogens is 186 g/mol. The zero-order valence-electron chi connectivity index (χ0n) is 10.3. The van der Waals surface area contributed by atoms with Crippen LogP contribution < -0.4 is 5.32 Å². The van der Waals surface area contributed by atoms with Crippen LogP contribution in [0.25, 0.3) is 0 Å². The molecule has 3 heteroatoms. The highest BCUT2D eigenvalue weighted by Crippen LogP contribution is 2.15. The summed E-state index contributed by atoms with van der Waals surface area (Å²) in [4.78, 5) is 8.41. The minimum Gasteiger partial charge on any atom is -0.329 e. The highest BCUT2D eigenvalue weighted by Gasteiger charge is 2.07. The van der Waals surface area contributed by atoms with Crippen molar-refractivity contribution in [3.05, 3.63) is 23.9 Å². The Kier molecular flexibility index (Phi) is 7.24. The van der Waals surface area contributed by atoms with E-state index in [0.717, 1.165) is 23.8 Å². The molecule has 2 heterocycles. The maximum atomic E-state index is 4.24. The second-order valence-corrected chi connectivity index (χ2v) is 2.54. The molecule has 0 saturated heterocycles. The summed E-state index contributed by atoms with van der Waals surface area (Å²) >= 11 is 0. The number of hydrogen-bond acceptors (Lipinski definition) is 3. The molecule has 0 radical (unpaired) electrons. The standard InChI is InChI=1S/C8H9N3.2C2H6/c1-6-10-5-7-3-2-4-9-8(7)11-6;2*1-2/h2-4H,5H2,1H3,(H,9,10,11);2*1-2H3. The monoisotopic (exact) mass is 207 g/mol. The zero-order chi connectivity index (χ0) is 11.7. The number of aromatic nitrogens is 1. The van der Waals surface area contributed by atoms with Gasteiger partial charge in [0.05, 0.1) is 12.4 Å². The molecular formula is C12H21N3. The van der Waals surface area contributed by atoms with Gasteiger partial charge < -0.3 is 5.32 Å². The van der Waals surface area contributed by atoms with Gasteiger partial charge in [0.2, 0.25) is 0 Å². The Morgan fingerprint density at radius 3 is 2.53 bits per heavy atom. The van der Waals surface area contributed by atoms with Gasteiger partial charge in [-0.3, -0.25) is 4.99 Å². The Balaban J connectivity index is 0.000000442. The average Bonchev–Trinajstić information content (AvgIpc) is 2.34. The molecule has 0 unspecified atom stereocenters. The number of nitrogens with one attached hydrogen (secondary N) is 1. The van der Waals surface area contributed by atoms with Crippen LogP contribution in [0, 0.1) is 0 Å². The summed E-state index contributed by atoms with van der Waals surface area (Å²) in [5.74, 6) is 1.89.